The third kappa shape index (κ3) is 7.74. The van der Waals surface area contributed by atoms with Crippen molar-refractivity contribution < 1.29 is 0 Å². The van der Waals surface area contributed by atoms with E-state index in [1.807, 2.05) is 0 Å². The Morgan fingerprint density at radius 2 is 0.803 bits per heavy atom. The highest BCUT2D eigenvalue weighted by atomic mass is 127. The van der Waals surface area contributed by atoms with Crippen LogP contribution in [0.2, 0.25) is 0 Å². The molecule has 13 rings (SSSR count). The Bertz CT molecular complexity index is 3970. The first-order valence-corrected chi connectivity index (χ1v) is 25.7. The highest BCUT2D eigenvalue weighted by Gasteiger charge is 2.25. The van der Waals surface area contributed by atoms with Crippen LogP contribution in [0.25, 0.3) is 82.5 Å². The Morgan fingerprint density at radius 1 is 0.338 bits per heavy atom. The number of benzene rings is 12. The zero-order valence-corrected chi connectivity index (χ0v) is 41.1. The third-order valence-electron chi connectivity index (χ3n) is 14.2. The maximum atomic E-state index is 2.59. The molecule has 0 amide bonds. The van der Waals surface area contributed by atoms with Crippen LogP contribution in [-0.4, -0.2) is 0 Å². The molecule has 0 aromatic heterocycles. The molecule has 0 heterocycles. The van der Waals surface area contributed by atoms with E-state index in [-0.39, 0.29) is 0 Å². The van der Waals surface area contributed by atoms with E-state index in [4.69, 9.17) is 0 Å². The molecule has 336 valence electrons. The molecule has 0 fully saturated rings. The molecule has 0 N–H and O–H groups in total. The topological polar surface area (TPSA) is 6.48 Å². The summed E-state index contributed by atoms with van der Waals surface area (Å²) in [5.41, 5.74) is 16.5. The fraction of sp³-hybridized carbons (Fsp3) is 0.0294. The molecule has 12 aromatic rings. The van der Waals surface area contributed by atoms with Crippen LogP contribution >= 0.6 is 22.6 Å². The van der Waals surface area contributed by atoms with E-state index < -0.39 is 0 Å². The van der Waals surface area contributed by atoms with Crippen molar-refractivity contribution in [1.82, 2.24) is 0 Å². The molecule has 0 saturated carbocycles. The lowest BCUT2D eigenvalue weighted by atomic mass is 9.81. The van der Waals surface area contributed by atoms with E-state index in [1.165, 1.54) is 87.6 Å². The quantitative estimate of drug-likeness (QED) is 0.0808. The van der Waals surface area contributed by atoms with Gasteiger partial charge in [0.05, 0.1) is 0 Å². The van der Waals surface area contributed by atoms with Crippen molar-refractivity contribution in [2.24, 2.45) is 0 Å². The van der Waals surface area contributed by atoms with Crippen molar-refractivity contribution in [3.05, 3.63) is 272 Å². The van der Waals surface area contributed by atoms with Crippen molar-refractivity contribution in [2.45, 2.75) is 10.3 Å². The van der Waals surface area contributed by atoms with Crippen LogP contribution in [0.5, 0.6) is 0 Å². The van der Waals surface area contributed by atoms with Gasteiger partial charge in [-0.05, 0) is 173 Å². The summed E-state index contributed by atoms with van der Waals surface area (Å²) < 4.78 is 0.452. The van der Waals surface area contributed by atoms with Crippen LogP contribution in [0.4, 0.5) is 34.1 Å². The number of halogens is 1. The van der Waals surface area contributed by atoms with Crippen molar-refractivity contribution in [3.63, 3.8) is 0 Å². The molecule has 2 nitrogen and oxygen atoms in total. The summed E-state index contributed by atoms with van der Waals surface area (Å²) in [4.78, 5) is 4.85. The summed E-state index contributed by atoms with van der Waals surface area (Å²) in [5, 5.41) is 9.68. The van der Waals surface area contributed by atoms with E-state index >= 15 is 0 Å². The maximum absolute atomic E-state index is 2.59. The van der Waals surface area contributed by atoms with E-state index in [2.05, 4.69) is 299 Å². The van der Waals surface area contributed by atoms with Gasteiger partial charge in [-0.1, -0.05) is 211 Å². The Morgan fingerprint density at radius 3 is 1.41 bits per heavy atom. The summed E-state index contributed by atoms with van der Waals surface area (Å²) in [5.74, 6) is 0. The zero-order valence-electron chi connectivity index (χ0n) is 39.0. The van der Waals surface area contributed by atoms with Gasteiger partial charge in [0.25, 0.3) is 0 Å². The Labute approximate surface area is 428 Å². The van der Waals surface area contributed by atoms with Crippen molar-refractivity contribution in [2.75, 3.05) is 9.80 Å². The van der Waals surface area contributed by atoms with Gasteiger partial charge in [0.2, 0.25) is 0 Å². The highest BCUT2D eigenvalue weighted by molar-refractivity contribution is 14.1. The Balaban J connectivity index is 1.17. The van der Waals surface area contributed by atoms with Gasteiger partial charge in [-0.25, -0.2) is 0 Å². The minimum absolute atomic E-state index is 0.452. The van der Waals surface area contributed by atoms with Crippen molar-refractivity contribution in [3.8, 4) is 33.4 Å². The second-order valence-electron chi connectivity index (χ2n) is 18.4. The van der Waals surface area contributed by atoms with E-state index in [9.17, 15) is 0 Å². The molecule has 3 heteroatoms. The number of hydrogen-bond acceptors (Lipinski definition) is 2. The summed E-state index contributed by atoms with van der Waals surface area (Å²) in [6.07, 6.45) is 5.66. The number of fused-ring (bicyclic) bond motifs is 8. The second-order valence-corrected chi connectivity index (χ2v) is 20.0. The summed E-state index contributed by atoms with van der Waals surface area (Å²) in [7, 11) is 0. The molecule has 1 unspecified atom stereocenters. The number of anilines is 6. The van der Waals surface area contributed by atoms with Crippen LogP contribution in [0, 0.1) is 0 Å². The number of nitrogens with zero attached hydrogens (tertiary/aromatic N) is 2. The van der Waals surface area contributed by atoms with Gasteiger partial charge in [0.15, 0.2) is 0 Å². The average molecular weight is 1020 g/mol. The predicted molar refractivity (Wildman–Crippen MR) is 313 cm³/mol. The van der Waals surface area contributed by atoms with Crippen LogP contribution in [0.3, 0.4) is 0 Å². The van der Waals surface area contributed by atoms with Gasteiger partial charge in [-0.3, -0.25) is 0 Å². The van der Waals surface area contributed by atoms with Crippen LogP contribution < -0.4 is 9.80 Å². The predicted octanol–water partition coefficient (Wildman–Crippen LogP) is 20.1. The molecular formula is C68H47IN2. The average Bonchev–Trinajstić information content (AvgIpc) is 3.44. The molecule has 0 spiro atoms. The Hall–Kier alpha value is -8.25. The minimum Gasteiger partial charge on any atom is -0.310 e. The van der Waals surface area contributed by atoms with E-state index in [0.717, 1.165) is 40.5 Å². The lowest BCUT2D eigenvalue weighted by molar-refractivity contribution is 0.991. The minimum atomic E-state index is 0.452. The SMILES string of the molecule is IC1CC=Cc2cc(N(c3ccccc3)c3ccc4c(c3)c3cc(N(c5ccccc5)c5ccc6ccccc6c5)ccc3c3c(-c5ccccc5)c(-c5ccccc5)cc(-c5ccccc5)c43)ccc21. The second kappa shape index (κ2) is 18.2. The molecule has 1 aliphatic rings. The molecule has 0 bridgehead atoms. The number of allylic oxidation sites excluding steroid dienone is 1. The number of alkyl halides is 1. The largest absolute Gasteiger partial charge is 0.310 e. The first-order valence-electron chi connectivity index (χ1n) is 24.4. The van der Waals surface area contributed by atoms with Gasteiger partial charge < -0.3 is 9.80 Å². The van der Waals surface area contributed by atoms with Crippen LogP contribution in [0.15, 0.2) is 261 Å². The number of para-hydroxylation sites is 2. The first kappa shape index (κ1) is 42.8. The van der Waals surface area contributed by atoms with Crippen LogP contribution in [-0.2, 0) is 0 Å². The highest BCUT2D eigenvalue weighted by Crippen LogP contribution is 2.51. The first-order chi connectivity index (χ1) is 35.1. The van der Waals surface area contributed by atoms with Crippen LogP contribution in [0.1, 0.15) is 21.5 Å². The normalized spacial score (nSPS) is 13.2. The molecule has 12 aromatic carbocycles. The van der Waals surface area contributed by atoms with Gasteiger partial charge in [0.1, 0.15) is 0 Å². The smallest absolute Gasteiger partial charge is 0.0468 e. The zero-order chi connectivity index (χ0) is 47.3. The monoisotopic (exact) mass is 1020 g/mol. The van der Waals surface area contributed by atoms with Crippen molar-refractivity contribution in [1.29, 1.82) is 0 Å². The lowest BCUT2D eigenvalue weighted by Crippen LogP contribution is -2.11. The van der Waals surface area contributed by atoms with Gasteiger partial charge in [0, 0.05) is 38.0 Å². The molecule has 1 aliphatic carbocycles. The van der Waals surface area contributed by atoms with Gasteiger partial charge >= 0.3 is 0 Å². The fourth-order valence-corrected chi connectivity index (χ4v) is 11.8. The maximum Gasteiger partial charge on any atom is 0.0468 e. The van der Waals surface area contributed by atoms with E-state index in [1.54, 1.807) is 0 Å². The molecule has 71 heavy (non-hydrogen) atoms. The van der Waals surface area contributed by atoms with Gasteiger partial charge in [-0.15, -0.1) is 0 Å². The van der Waals surface area contributed by atoms with E-state index in [0.29, 0.717) is 3.92 Å². The summed E-state index contributed by atoms with van der Waals surface area (Å²) in [6.45, 7) is 0. The number of hydrogen-bond donors (Lipinski definition) is 0. The lowest BCUT2D eigenvalue weighted by Gasteiger charge is -2.29. The van der Waals surface area contributed by atoms with Gasteiger partial charge in [-0.2, -0.15) is 0 Å². The Kier molecular flexibility index (Phi) is 11.0. The molecule has 1 atom stereocenters. The molecule has 0 saturated heterocycles. The van der Waals surface area contributed by atoms with Crippen molar-refractivity contribution >= 4 is 106 Å². The molecular weight excluding hydrogens is 972 g/mol. The molecule has 0 aliphatic heterocycles. The summed E-state index contributed by atoms with van der Waals surface area (Å²) in [6, 6.07) is 93.9. The molecule has 0 radical (unpaired) electrons. The fourth-order valence-electron chi connectivity index (χ4n) is 11.0. The number of rotatable bonds is 9. The standard InChI is InChI=1S/C68H47IN2/c69-65-32-18-27-51-42-55(35-38-58(51)65)71(53-30-14-5-15-31-53)56-36-39-59-63(43-56)64-44-57(70(52-28-12-4-13-29-52)54-34-33-46-19-16-17-26-50(46)41-54)37-40-60(64)68-66(49-24-10-3-11-25-49)61(47-20-6-1-7-21-47)45-62(67(59)68)48-22-8-2-9-23-48/h1-31,33-45,65H,32H2. The third-order valence-corrected chi connectivity index (χ3v) is 15.4. The summed E-state index contributed by atoms with van der Waals surface area (Å²) >= 11 is 2.59.